The highest BCUT2D eigenvalue weighted by Crippen LogP contribution is 2.13. The minimum atomic E-state index is -0.0586. The molecule has 29 heavy (non-hydrogen) atoms. The van der Waals surface area contributed by atoms with Crippen molar-refractivity contribution in [2.45, 2.75) is 13.5 Å². The van der Waals surface area contributed by atoms with E-state index in [4.69, 9.17) is 16.3 Å². The monoisotopic (exact) mass is 416 g/mol. The quantitative estimate of drug-likeness (QED) is 0.424. The summed E-state index contributed by atoms with van der Waals surface area (Å²) in [4.78, 5) is 15.0. The van der Waals surface area contributed by atoms with Crippen molar-refractivity contribution in [3.05, 3.63) is 64.7 Å². The SMILES string of the molecule is CCOc1ccc(/C=N\NC(=O)C[NH+]2CC[NH+](Cc3ccccc3Cl)CC2)cc1. The number of halogens is 1. The first-order valence-corrected chi connectivity index (χ1v) is 10.5. The Morgan fingerprint density at radius 2 is 1.79 bits per heavy atom. The Balaban J connectivity index is 1.37. The lowest BCUT2D eigenvalue weighted by Crippen LogP contribution is -3.28. The number of nitrogens with zero attached hydrogens (tertiary/aromatic N) is 1. The fourth-order valence-corrected chi connectivity index (χ4v) is 3.69. The van der Waals surface area contributed by atoms with Crippen molar-refractivity contribution in [2.75, 3.05) is 39.3 Å². The van der Waals surface area contributed by atoms with Gasteiger partial charge in [0.2, 0.25) is 0 Å². The Morgan fingerprint density at radius 1 is 1.10 bits per heavy atom. The number of ether oxygens (including phenoxy) is 1. The Hall–Kier alpha value is -2.41. The second kappa shape index (κ2) is 11.0. The molecule has 2 aromatic rings. The first kappa shape index (κ1) is 21.3. The second-order valence-corrected chi connectivity index (χ2v) is 7.65. The summed E-state index contributed by atoms with van der Waals surface area (Å²) >= 11 is 6.26. The van der Waals surface area contributed by atoms with Crippen molar-refractivity contribution < 1.29 is 19.3 Å². The molecule has 6 nitrogen and oxygen atoms in total. The largest absolute Gasteiger partial charge is 0.494 e. The molecule has 1 heterocycles. The maximum atomic E-state index is 12.2. The molecule has 1 aliphatic heterocycles. The fraction of sp³-hybridized carbons (Fsp3) is 0.364. The number of benzene rings is 2. The number of hydrazone groups is 1. The summed E-state index contributed by atoms with van der Waals surface area (Å²) in [5.74, 6) is 0.768. The zero-order valence-corrected chi connectivity index (χ0v) is 17.5. The maximum absolute atomic E-state index is 12.2. The van der Waals surface area contributed by atoms with Crippen LogP contribution in [0, 0.1) is 0 Å². The van der Waals surface area contributed by atoms with Crippen molar-refractivity contribution >= 4 is 23.7 Å². The molecule has 0 spiro atoms. The first-order chi connectivity index (χ1) is 14.1. The van der Waals surface area contributed by atoms with E-state index in [0.29, 0.717) is 13.2 Å². The predicted octanol–water partition coefficient (Wildman–Crippen LogP) is 0.172. The molecule has 0 aromatic heterocycles. The molecular weight excluding hydrogens is 388 g/mol. The van der Waals surface area contributed by atoms with Crippen LogP contribution in [0.15, 0.2) is 53.6 Å². The van der Waals surface area contributed by atoms with E-state index in [0.717, 1.165) is 49.1 Å². The molecule has 0 unspecified atom stereocenters. The van der Waals surface area contributed by atoms with Crippen molar-refractivity contribution in [3.8, 4) is 5.75 Å². The van der Waals surface area contributed by atoms with Crippen molar-refractivity contribution in [1.29, 1.82) is 0 Å². The van der Waals surface area contributed by atoms with Gasteiger partial charge >= 0.3 is 0 Å². The van der Waals surface area contributed by atoms with Gasteiger partial charge in [-0.3, -0.25) is 4.79 Å². The molecule has 3 rings (SSSR count). The number of piperazine rings is 1. The number of hydrogen-bond acceptors (Lipinski definition) is 3. The molecule has 1 fully saturated rings. The van der Waals surface area contributed by atoms with Crippen LogP contribution >= 0.6 is 11.6 Å². The van der Waals surface area contributed by atoms with Gasteiger partial charge in [0.05, 0.1) is 12.8 Å². The van der Waals surface area contributed by atoms with Crippen LogP contribution in [0.5, 0.6) is 5.75 Å². The number of amides is 1. The highest BCUT2D eigenvalue weighted by atomic mass is 35.5. The molecular formula is C22H29ClN4O2+2. The number of nitrogens with one attached hydrogen (secondary N) is 3. The van der Waals surface area contributed by atoms with Crippen molar-refractivity contribution in [2.24, 2.45) is 5.10 Å². The highest BCUT2D eigenvalue weighted by Gasteiger charge is 2.25. The maximum Gasteiger partial charge on any atom is 0.295 e. The standard InChI is InChI=1S/C22H27ClN4O2/c1-2-29-20-9-7-18(8-10-20)15-24-25-22(28)17-27-13-11-26(12-14-27)16-19-5-3-4-6-21(19)23/h3-10,15H,2,11-14,16-17H2,1H3,(H,25,28)/p+2/b24-15-. The van der Waals surface area contributed by atoms with Crippen LogP contribution in [-0.4, -0.2) is 51.5 Å². The Morgan fingerprint density at radius 3 is 2.48 bits per heavy atom. The van der Waals surface area contributed by atoms with Crippen LogP contribution < -0.4 is 20.0 Å². The van der Waals surface area contributed by atoms with E-state index in [1.165, 1.54) is 15.4 Å². The number of hydrogen-bond donors (Lipinski definition) is 3. The third kappa shape index (κ3) is 6.85. The zero-order valence-electron chi connectivity index (χ0n) is 16.8. The summed E-state index contributed by atoms with van der Waals surface area (Å²) in [5.41, 5.74) is 4.73. The van der Waals surface area contributed by atoms with E-state index in [1.807, 2.05) is 49.4 Å². The minimum Gasteiger partial charge on any atom is -0.494 e. The molecule has 0 bridgehead atoms. The molecule has 0 radical (unpaired) electrons. The third-order valence-electron chi connectivity index (χ3n) is 5.07. The normalized spacial score (nSPS) is 19.2. The van der Waals surface area contributed by atoms with E-state index in [-0.39, 0.29) is 5.91 Å². The number of carbonyl (C=O) groups excluding carboxylic acids is 1. The minimum absolute atomic E-state index is 0.0586. The van der Waals surface area contributed by atoms with Gasteiger partial charge in [-0.1, -0.05) is 29.8 Å². The van der Waals surface area contributed by atoms with Crippen molar-refractivity contribution in [1.82, 2.24) is 5.43 Å². The van der Waals surface area contributed by atoms with E-state index >= 15 is 0 Å². The Kier molecular flexibility index (Phi) is 8.04. The molecule has 2 aromatic carbocycles. The summed E-state index contributed by atoms with van der Waals surface area (Å²) < 4.78 is 5.41. The van der Waals surface area contributed by atoms with Gasteiger partial charge in [0.25, 0.3) is 5.91 Å². The molecule has 154 valence electrons. The van der Waals surface area contributed by atoms with Gasteiger partial charge in [-0.25, -0.2) is 5.43 Å². The molecule has 7 heteroatoms. The third-order valence-corrected chi connectivity index (χ3v) is 5.44. The Labute approximate surface area is 177 Å². The average Bonchev–Trinajstić information content (AvgIpc) is 2.73. The van der Waals surface area contributed by atoms with Gasteiger partial charge in [0.1, 0.15) is 38.5 Å². The van der Waals surface area contributed by atoms with Crippen LogP contribution in [0.2, 0.25) is 5.02 Å². The second-order valence-electron chi connectivity index (χ2n) is 7.24. The number of rotatable bonds is 8. The van der Waals surface area contributed by atoms with E-state index in [2.05, 4.69) is 16.6 Å². The molecule has 1 amide bonds. The zero-order chi connectivity index (χ0) is 20.5. The number of quaternary nitrogens is 2. The van der Waals surface area contributed by atoms with E-state index in [1.54, 1.807) is 6.21 Å². The number of carbonyl (C=O) groups is 1. The summed E-state index contributed by atoms with van der Waals surface area (Å²) in [7, 11) is 0. The van der Waals surface area contributed by atoms with Gasteiger partial charge in [0, 0.05) is 10.6 Å². The average molecular weight is 417 g/mol. The van der Waals surface area contributed by atoms with Crippen LogP contribution in [0.1, 0.15) is 18.1 Å². The van der Waals surface area contributed by atoms with Gasteiger partial charge in [-0.05, 0) is 42.8 Å². The lowest BCUT2D eigenvalue weighted by atomic mass is 10.2. The molecule has 3 N–H and O–H groups in total. The first-order valence-electron chi connectivity index (χ1n) is 10.1. The van der Waals surface area contributed by atoms with E-state index in [9.17, 15) is 4.79 Å². The van der Waals surface area contributed by atoms with Crippen LogP contribution in [-0.2, 0) is 11.3 Å². The lowest BCUT2D eigenvalue weighted by Gasteiger charge is -2.29. The Bertz CT molecular complexity index is 818. The topological polar surface area (TPSA) is 59.6 Å². The van der Waals surface area contributed by atoms with E-state index < -0.39 is 0 Å². The van der Waals surface area contributed by atoms with Gasteiger partial charge < -0.3 is 14.5 Å². The summed E-state index contributed by atoms with van der Waals surface area (Å²) in [6.07, 6.45) is 1.65. The smallest absolute Gasteiger partial charge is 0.295 e. The summed E-state index contributed by atoms with van der Waals surface area (Å²) in [5, 5.41) is 4.90. The fourth-order valence-electron chi connectivity index (χ4n) is 3.48. The van der Waals surface area contributed by atoms with Crippen LogP contribution in [0.25, 0.3) is 0 Å². The highest BCUT2D eigenvalue weighted by molar-refractivity contribution is 6.31. The molecule has 0 saturated carbocycles. The van der Waals surface area contributed by atoms with Gasteiger partial charge in [-0.15, -0.1) is 0 Å². The van der Waals surface area contributed by atoms with Crippen LogP contribution in [0.3, 0.4) is 0 Å². The molecule has 1 aliphatic rings. The van der Waals surface area contributed by atoms with Gasteiger partial charge in [0.15, 0.2) is 6.54 Å². The predicted molar refractivity (Wildman–Crippen MR) is 115 cm³/mol. The molecule has 0 aliphatic carbocycles. The molecule has 0 atom stereocenters. The van der Waals surface area contributed by atoms with Gasteiger partial charge in [-0.2, -0.15) is 5.10 Å². The molecule has 1 saturated heterocycles. The lowest BCUT2D eigenvalue weighted by molar-refractivity contribution is -1.02. The summed E-state index contributed by atoms with van der Waals surface area (Å²) in [6.45, 7) is 7.97. The van der Waals surface area contributed by atoms with Crippen molar-refractivity contribution in [3.63, 3.8) is 0 Å². The summed E-state index contributed by atoms with van der Waals surface area (Å²) in [6, 6.07) is 15.6. The van der Waals surface area contributed by atoms with Crippen LogP contribution in [0.4, 0.5) is 0 Å².